The van der Waals surface area contributed by atoms with Gasteiger partial charge < -0.3 is 24.8 Å². The van der Waals surface area contributed by atoms with E-state index in [1.165, 1.54) is 22.3 Å². The van der Waals surface area contributed by atoms with Crippen molar-refractivity contribution < 1.29 is 29.6 Å². The van der Waals surface area contributed by atoms with E-state index >= 15 is 0 Å². The largest absolute Gasteiger partial charge is 0.444 e. The van der Waals surface area contributed by atoms with Gasteiger partial charge >= 0.3 is 5.97 Å². The molecule has 2 aromatic heterocycles. The molecule has 10 nitrogen and oxygen atoms in total. The number of ether oxygens (including phenoxy) is 2. The summed E-state index contributed by atoms with van der Waals surface area (Å²) in [6.45, 7) is 4.85. The number of carbonyl (C=O) groups is 1. The highest BCUT2D eigenvalue weighted by Crippen LogP contribution is 2.63. The van der Waals surface area contributed by atoms with Gasteiger partial charge in [-0.2, -0.15) is 5.10 Å². The normalized spacial score (nSPS) is 34.9. The van der Waals surface area contributed by atoms with Gasteiger partial charge in [0.2, 0.25) is 0 Å². The summed E-state index contributed by atoms with van der Waals surface area (Å²) >= 11 is 0. The van der Waals surface area contributed by atoms with Gasteiger partial charge in [-0.1, -0.05) is 13.8 Å². The smallest absolute Gasteiger partial charge is 0.310 e. The Bertz CT molecular complexity index is 983. The highest BCUT2D eigenvalue weighted by Gasteiger charge is 2.84. The fraction of sp³-hybridized carbons (Fsp3) is 0.588. The number of hydrogen-bond acceptors (Lipinski definition) is 8. The lowest BCUT2D eigenvalue weighted by Gasteiger charge is -2.21. The fourth-order valence-electron chi connectivity index (χ4n) is 3.66. The molecule has 4 rings (SSSR count). The van der Waals surface area contributed by atoms with Crippen molar-refractivity contribution in [2.75, 3.05) is 0 Å². The maximum absolute atomic E-state index is 11.6. The second-order valence-corrected chi connectivity index (χ2v) is 7.57. The van der Waals surface area contributed by atoms with Crippen LogP contribution in [0.3, 0.4) is 0 Å². The monoisotopic (exact) mass is 378 g/mol. The zero-order valence-electron chi connectivity index (χ0n) is 15.2. The van der Waals surface area contributed by atoms with E-state index in [9.17, 15) is 20.1 Å². The van der Waals surface area contributed by atoms with Crippen molar-refractivity contribution in [3.8, 4) is 0 Å². The number of rotatable bonds is 4. The van der Waals surface area contributed by atoms with Crippen molar-refractivity contribution in [2.24, 2.45) is 5.92 Å². The first-order valence-electron chi connectivity index (χ1n) is 8.67. The van der Waals surface area contributed by atoms with Gasteiger partial charge in [0.1, 0.15) is 35.8 Å². The van der Waals surface area contributed by atoms with Crippen LogP contribution < -0.4 is 5.49 Å². The Balaban J connectivity index is 1.63. The van der Waals surface area contributed by atoms with Crippen LogP contribution in [-0.2, 0) is 21.0 Å². The van der Waals surface area contributed by atoms with Gasteiger partial charge in [0, 0.05) is 0 Å². The molecule has 10 heteroatoms. The average Bonchev–Trinajstić information content (AvgIpc) is 2.97. The van der Waals surface area contributed by atoms with Crippen LogP contribution in [0.2, 0.25) is 0 Å². The van der Waals surface area contributed by atoms with Crippen LogP contribution in [0.1, 0.15) is 32.6 Å². The maximum Gasteiger partial charge on any atom is 0.310 e. The number of hydrogen-bond donors (Lipinski definition) is 4. The minimum Gasteiger partial charge on any atom is -0.444 e. The first kappa shape index (κ1) is 18.1. The molecule has 0 spiro atoms. The molecule has 1 saturated heterocycles. The SMILES string of the molecule is CC(C)C(=O)OCn1cnn2c([C@@H]3O[C@]4(C)C(O)[C@]4(O)[C@H]3O)ccc2c1=N. The minimum absolute atomic E-state index is 0.0652. The highest BCUT2D eigenvalue weighted by atomic mass is 16.6. The standard InChI is InChI=1S/C17H22N4O6/c1-8(2)14(23)26-7-20-6-19-21-9(4-5-10(21)13(20)18)11-12(22)17(25)15(24)16(17,3)27-11/h4-6,8,11-12,15,18,22,24-25H,7H2,1-3H3/t11-,12-,15?,16+,17+/m0/s1. The molecule has 3 heterocycles. The van der Waals surface area contributed by atoms with E-state index in [1.807, 2.05) is 0 Å². The number of aromatic nitrogens is 3. The van der Waals surface area contributed by atoms with E-state index in [0.29, 0.717) is 11.2 Å². The van der Waals surface area contributed by atoms with Gasteiger partial charge in [-0.3, -0.25) is 14.8 Å². The predicted octanol–water partition coefficient (Wildman–Crippen LogP) is -0.932. The lowest BCUT2D eigenvalue weighted by atomic mass is 10.0. The molecule has 2 fully saturated rings. The fourth-order valence-corrected chi connectivity index (χ4v) is 3.66. The van der Waals surface area contributed by atoms with Crippen LogP contribution in [0, 0.1) is 11.3 Å². The summed E-state index contributed by atoms with van der Waals surface area (Å²) in [6, 6.07) is 3.27. The number of aliphatic hydroxyl groups excluding tert-OH is 2. The Morgan fingerprint density at radius 3 is 2.74 bits per heavy atom. The number of fused-ring (bicyclic) bond motifs is 2. The number of carbonyl (C=O) groups excluding carboxylic acids is 1. The average molecular weight is 378 g/mol. The van der Waals surface area contributed by atoms with Crippen LogP contribution in [0.25, 0.3) is 5.52 Å². The molecule has 146 valence electrons. The molecule has 0 aromatic carbocycles. The summed E-state index contributed by atoms with van der Waals surface area (Å²) in [5.41, 5.74) is -2.01. The van der Waals surface area contributed by atoms with Gasteiger partial charge in [0.15, 0.2) is 17.8 Å². The second kappa shape index (κ2) is 5.61. The Hall–Kier alpha value is -2.27. The van der Waals surface area contributed by atoms with Crippen LogP contribution >= 0.6 is 0 Å². The first-order chi connectivity index (χ1) is 12.6. The zero-order valence-corrected chi connectivity index (χ0v) is 15.2. The summed E-state index contributed by atoms with van der Waals surface area (Å²) in [6.07, 6.45) is -2.03. The van der Waals surface area contributed by atoms with E-state index in [2.05, 4.69) is 5.10 Å². The van der Waals surface area contributed by atoms with Gasteiger partial charge in [-0.15, -0.1) is 0 Å². The summed E-state index contributed by atoms with van der Waals surface area (Å²) in [5, 5.41) is 43.3. The van der Waals surface area contributed by atoms with Crippen molar-refractivity contribution in [1.82, 2.24) is 14.2 Å². The van der Waals surface area contributed by atoms with Gasteiger partial charge in [0.05, 0.1) is 11.6 Å². The van der Waals surface area contributed by atoms with Crippen LogP contribution in [0.5, 0.6) is 0 Å². The van der Waals surface area contributed by atoms with Crippen molar-refractivity contribution in [2.45, 2.75) is 57.0 Å². The van der Waals surface area contributed by atoms with Crippen LogP contribution in [0.15, 0.2) is 18.5 Å². The predicted molar refractivity (Wildman–Crippen MR) is 89.2 cm³/mol. The second-order valence-electron chi connectivity index (χ2n) is 7.57. The Morgan fingerprint density at radius 1 is 1.44 bits per heavy atom. The Kier molecular flexibility index (Phi) is 3.77. The Morgan fingerprint density at radius 2 is 2.15 bits per heavy atom. The number of nitrogens with one attached hydrogen (secondary N) is 1. The molecule has 0 amide bonds. The molecule has 1 aliphatic carbocycles. The summed E-state index contributed by atoms with van der Waals surface area (Å²) < 4.78 is 13.7. The summed E-state index contributed by atoms with van der Waals surface area (Å²) in [4.78, 5) is 11.6. The van der Waals surface area contributed by atoms with Crippen molar-refractivity contribution >= 4 is 11.5 Å². The molecule has 2 aliphatic rings. The van der Waals surface area contributed by atoms with Crippen LogP contribution in [0.4, 0.5) is 0 Å². The van der Waals surface area contributed by atoms with Crippen molar-refractivity contribution in [3.63, 3.8) is 0 Å². The van der Waals surface area contributed by atoms with Gasteiger partial charge in [0.25, 0.3) is 0 Å². The van der Waals surface area contributed by atoms with E-state index in [-0.39, 0.29) is 24.1 Å². The maximum atomic E-state index is 11.6. The molecule has 4 N–H and O–H groups in total. The van der Waals surface area contributed by atoms with Crippen molar-refractivity contribution in [3.05, 3.63) is 29.6 Å². The molecule has 2 aromatic rings. The molecule has 5 atom stereocenters. The Labute approximate surface area is 154 Å². The lowest BCUT2D eigenvalue weighted by Crippen LogP contribution is -2.35. The zero-order chi connectivity index (χ0) is 19.7. The van der Waals surface area contributed by atoms with E-state index in [0.717, 1.165) is 0 Å². The number of aliphatic hydroxyl groups is 3. The minimum atomic E-state index is -1.72. The lowest BCUT2D eigenvalue weighted by molar-refractivity contribution is -0.151. The molecule has 0 bridgehead atoms. The molecule has 0 radical (unpaired) electrons. The third-order valence-electron chi connectivity index (χ3n) is 5.59. The molecular weight excluding hydrogens is 356 g/mol. The van der Waals surface area contributed by atoms with Gasteiger partial charge in [-0.25, -0.2) is 4.52 Å². The van der Waals surface area contributed by atoms with Crippen LogP contribution in [-0.4, -0.2) is 58.9 Å². The molecule has 27 heavy (non-hydrogen) atoms. The molecule has 1 saturated carbocycles. The molecular formula is C17H22N4O6. The van der Waals surface area contributed by atoms with Gasteiger partial charge in [-0.05, 0) is 19.1 Å². The topological polar surface area (TPSA) is 142 Å². The first-order valence-corrected chi connectivity index (χ1v) is 8.67. The molecule has 1 aliphatic heterocycles. The summed E-state index contributed by atoms with van der Waals surface area (Å²) in [5.74, 6) is -0.647. The number of nitrogens with zero attached hydrogens (tertiary/aromatic N) is 3. The number of esters is 1. The van der Waals surface area contributed by atoms with E-state index < -0.39 is 29.5 Å². The molecule has 1 unspecified atom stereocenters. The van der Waals surface area contributed by atoms with E-state index in [1.54, 1.807) is 26.0 Å². The highest BCUT2D eigenvalue weighted by molar-refractivity contribution is 5.71. The van der Waals surface area contributed by atoms with E-state index in [4.69, 9.17) is 14.9 Å². The quantitative estimate of drug-likeness (QED) is 0.503. The summed E-state index contributed by atoms with van der Waals surface area (Å²) in [7, 11) is 0. The third-order valence-corrected chi connectivity index (χ3v) is 5.59. The van der Waals surface area contributed by atoms with Crippen molar-refractivity contribution in [1.29, 1.82) is 5.41 Å². The third kappa shape index (κ3) is 2.24.